The minimum Gasteiger partial charge on any atom is -0.505 e. The molecule has 1 rings (SSSR count). The van der Waals surface area contributed by atoms with E-state index in [1.807, 2.05) is 0 Å². The Bertz CT molecular complexity index is 412. The Balaban J connectivity index is 3.43. The number of nitriles is 1. The first-order chi connectivity index (χ1) is 7.15. The highest BCUT2D eigenvalue weighted by atomic mass is 19.1. The number of methoxy groups -OCH3 is 2. The lowest BCUT2D eigenvalue weighted by molar-refractivity contribution is 0.341. The highest BCUT2D eigenvalue weighted by molar-refractivity contribution is 5.53. The molecular weight excluding hydrogens is 201 g/mol. The number of phenols is 1. The molecule has 0 bridgehead atoms. The Morgan fingerprint density at radius 1 is 1.47 bits per heavy atom. The molecule has 0 radical (unpaired) electrons. The molecule has 0 amide bonds. The average Bonchev–Trinajstić information content (AvgIpc) is 2.24. The maximum atomic E-state index is 13.4. The van der Waals surface area contributed by atoms with Crippen molar-refractivity contribution in [1.29, 1.82) is 5.26 Å². The lowest BCUT2D eigenvalue weighted by Crippen LogP contribution is -1.99. The van der Waals surface area contributed by atoms with Gasteiger partial charge in [0, 0.05) is 6.07 Å². The van der Waals surface area contributed by atoms with Crippen LogP contribution in [-0.4, -0.2) is 19.3 Å². The number of ether oxygens (including phenoxy) is 2. The van der Waals surface area contributed by atoms with Gasteiger partial charge in [0.2, 0.25) is 0 Å². The van der Waals surface area contributed by atoms with Gasteiger partial charge in [0.15, 0.2) is 23.1 Å². The van der Waals surface area contributed by atoms with E-state index in [1.54, 1.807) is 6.07 Å². The number of nitrogens with zero attached hydrogens (tertiary/aromatic N) is 1. The van der Waals surface area contributed by atoms with Crippen LogP contribution in [0.5, 0.6) is 17.2 Å². The minimum atomic E-state index is -0.853. The summed E-state index contributed by atoms with van der Waals surface area (Å²) in [6.45, 7) is 0. The number of halogens is 1. The molecule has 0 aromatic heterocycles. The second-order valence-electron chi connectivity index (χ2n) is 2.76. The Kier molecular flexibility index (Phi) is 3.34. The summed E-state index contributed by atoms with van der Waals surface area (Å²) < 4.78 is 23.2. The molecule has 0 atom stereocenters. The zero-order valence-electron chi connectivity index (χ0n) is 8.37. The van der Waals surface area contributed by atoms with E-state index in [0.717, 1.165) is 6.07 Å². The van der Waals surface area contributed by atoms with Gasteiger partial charge in [-0.05, 0) is 0 Å². The molecule has 0 aliphatic heterocycles. The Hall–Kier alpha value is -1.96. The standard InChI is InChI=1S/C10H10FNO3/c1-14-8-5-7(13)9(11)6(3-4-12)10(8)15-2/h5,13H,3H2,1-2H3. The van der Waals surface area contributed by atoms with Gasteiger partial charge in [0.25, 0.3) is 0 Å². The van der Waals surface area contributed by atoms with Gasteiger partial charge < -0.3 is 14.6 Å². The molecule has 0 saturated carbocycles. The van der Waals surface area contributed by atoms with Crippen LogP contribution in [0.25, 0.3) is 0 Å². The van der Waals surface area contributed by atoms with Gasteiger partial charge in [-0.3, -0.25) is 0 Å². The average molecular weight is 211 g/mol. The van der Waals surface area contributed by atoms with Crippen molar-refractivity contribution in [1.82, 2.24) is 0 Å². The van der Waals surface area contributed by atoms with Crippen molar-refractivity contribution < 1.29 is 19.0 Å². The predicted molar refractivity (Wildman–Crippen MR) is 50.5 cm³/mol. The summed E-state index contributed by atoms with van der Waals surface area (Å²) in [6.07, 6.45) is -0.195. The number of hydrogen-bond donors (Lipinski definition) is 1. The second-order valence-corrected chi connectivity index (χ2v) is 2.76. The third kappa shape index (κ3) is 1.94. The SMILES string of the molecule is COc1cc(O)c(F)c(CC#N)c1OC. The van der Waals surface area contributed by atoms with E-state index in [9.17, 15) is 9.50 Å². The van der Waals surface area contributed by atoms with E-state index in [0.29, 0.717) is 0 Å². The van der Waals surface area contributed by atoms with Crippen LogP contribution in [0.15, 0.2) is 6.07 Å². The van der Waals surface area contributed by atoms with Crippen LogP contribution in [-0.2, 0) is 6.42 Å². The molecule has 0 aliphatic rings. The van der Waals surface area contributed by atoms with Gasteiger partial charge in [-0.1, -0.05) is 0 Å². The van der Waals surface area contributed by atoms with E-state index in [-0.39, 0.29) is 23.5 Å². The summed E-state index contributed by atoms with van der Waals surface area (Å²) >= 11 is 0. The van der Waals surface area contributed by atoms with Crippen LogP contribution < -0.4 is 9.47 Å². The van der Waals surface area contributed by atoms with Crippen molar-refractivity contribution >= 4 is 0 Å². The summed E-state index contributed by atoms with van der Waals surface area (Å²) in [6, 6.07) is 2.90. The summed E-state index contributed by atoms with van der Waals surface area (Å²) in [5.74, 6) is -1.08. The molecule has 0 saturated heterocycles. The largest absolute Gasteiger partial charge is 0.505 e. The summed E-state index contributed by atoms with van der Waals surface area (Å²) in [7, 11) is 2.71. The fourth-order valence-corrected chi connectivity index (χ4v) is 1.27. The van der Waals surface area contributed by atoms with Crippen LogP contribution in [0.4, 0.5) is 4.39 Å². The van der Waals surface area contributed by atoms with Crippen molar-refractivity contribution in [3.05, 3.63) is 17.4 Å². The van der Waals surface area contributed by atoms with Crippen molar-refractivity contribution in [2.24, 2.45) is 0 Å². The maximum Gasteiger partial charge on any atom is 0.173 e. The molecule has 0 aliphatic carbocycles. The van der Waals surface area contributed by atoms with Gasteiger partial charge in [-0.25, -0.2) is 4.39 Å². The second kappa shape index (κ2) is 4.51. The molecular formula is C10H10FNO3. The van der Waals surface area contributed by atoms with Crippen molar-refractivity contribution in [3.63, 3.8) is 0 Å². The Labute approximate surface area is 86.5 Å². The van der Waals surface area contributed by atoms with Crippen molar-refractivity contribution in [3.8, 4) is 23.3 Å². The molecule has 1 aromatic carbocycles. The maximum absolute atomic E-state index is 13.4. The van der Waals surface area contributed by atoms with Gasteiger partial charge in [-0.15, -0.1) is 0 Å². The smallest absolute Gasteiger partial charge is 0.173 e. The number of hydrogen-bond acceptors (Lipinski definition) is 4. The molecule has 0 heterocycles. The molecule has 0 fully saturated rings. The lowest BCUT2D eigenvalue weighted by atomic mass is 10.1. The first kappa shape index (κ1) is 11.1. The van der Waals surface area contributed by atoms with E-state index >= 15 is 0 Å². The number of rotatable bonds is 3. The molecule has 15 heavy (non-hydrogen) atoms. The summed E-state index contributed by atoms with van der Waals surface area (Å²) in [4.78, 5) is 0. The van der Waals surface area contributed by atoms with Gasteiger partial charge in [0.1, 0.15) is 0 Å². The van der Waals surface area contributed by atoms with Crippen molar-refractivity contribution in [2.75, 3.05) is 14.2 Å². The van der Waals surface area contributed by atoms with Gasteiger partial charge in [0.05, 0.1) is 32.3 Å². The molecule has 1 N–H and O–H groups in total. The van der Waals surface area contributed by atoms with E-state index in [4.69, 9.17) is 14.7 Å². The van der Waals surface area contributed by atoms with Crippen LogP contribution >= 0.6 is 0 Å². The highest BCUT2D eigenvalue weighted by Gasteiger charge is 2.19. The minimum absolute atomic E-state index is 0.00292. The molecule has 80 valence electrons. The lowest BCUT2D eigenvalue weighted by Gasteiger charge is -2.12. The summed E-state index contributed by atoms with van der Waals surface area (Å²) in [5.41, 5.74) is -0.00292. The fourth-order valence-electron chi connectivity index (χ4n) is 1.27. The third-order valence-electron chi connectivity index (χ3n) is 1.94. The first-order valence-corrected chi connectivity index (χ1v) is 4.15. The van der Waals surface area contributed by atoms with Crippen LogP contribution in [0, 0.1) is 17.1 Å². The third-order valence-corrected chi connectivity index (χ3v) is 1.94. The van der Waals surface area contributed by atoms with E-state index < -0.39 is 11.6 Å². The van der Waals surface area contributed by atoms with Crippen LogP contribution in [0.1, 0.15) is 5.56 Å². The Morgan fingerprint density at radius 3 is 2.60 bits per heavy atom. The van der Waals surface area contributed by atoms with Gasteiger partial charge in [-0.2, -0.15) is 5.26 Å². The first-order valence-electron chi connectivity index (χ1n) is 4.15. The number of aromatic hydroxyl groups is 1. The monoisotopic (exact) mass is 211 g/mol. The fraction of sp³-hybridized carbons (Fsp3) is 0.300. The molecule has 0 unspecified atom stereocenters. The zero-order chi connectivity index (χ0) is 11.4. The Morgan fingerprint density at radius 2 is 2.13 bits per heavy atom. The zero-order valence-corrected chi connectivity index (χ0v) is 8.37. The molecule has 4 nitrogen and oxygen atoms in total. The number of benzene rings is 1. The molecule has 0 spiro atoms. The number of phenolic OH excluding ortho intramolecular Hbond substituents is 1. The topological polar surface area (TPSA) is 62.5 Å². The van der Waals surface area contributed by atoms with Gasteiger partial charge >= 0.3 is 0 Å². The highest BCUT2D eigenvalue weighted by Crippen LogP contribution is 2.38. The predicted octanol–water partition coefficient (Wildman–Crippen LogP) is 1.61. The molecule has 5 heteroatoms. The quantitative estimate of drug-likeness (QED) is 0.825. The van der Waals surface area contributed by atoms with Crippen LogP contribution in [0.3, 0.4) is 0 Å². The van der Waals surface area contributed by atoms with E-state index in [1.165, 1.54) is 14.2 Å². The van der Waals surface area contributed by atoms with E-state index in [2.05, 4.69) is 0 Å². The summed E-state index contributed by atoms with van der Waals surface area (Å²) in [5, 5.41) is 17.8. The molecule has 1 aromatic rings. The van der Waals surface area contributed by atoms with Crippen molar-refractivity contribution in [2.45, 2.75) is 6.42 Å². The normalized spacial score (nSPS) is 9.47. The van der Waals surface area contributed by atoms with Crippen LogP contribution in [0.2, 0.25) is 0 Å².